The minimum absolute atomic E-state index is 0.261. The van der Waals surface area contributed by atoms with Crippen molar-refractivity contribution in [3.8, 4) is 0 Å². The lowest BCUT2D eigenvalue weighted by Crippen LogP contribution is -2.44. The molecular weight excluding hydrogens is 400 g/mol. The predicted octanol–water partition coefficient (Wildman–Crippen LogP) is 3.88. The van der Waals surface area contributed by atoms with E-state index in [0.29, 0.717) is 25.4 Å². The third kappa shape index (κ3) is 8.86. The smallest absolute Gasteiger partial charge is 0.410 e. The van der Waals surface area contributed by atoms with E-state index in [2.05, 4.69) is 5.32 Å². The fourth-order valence-electron chi connectivity index (χ4n) is 3.46. The Labute approximate surface area is 184 Å². The Morgan fingerprint density at radius 1 is 1.13 bits per heavy atom. The van der Waals surface area contributed by atoms with E-state index in [9.17, 15) is 14.4 Å². The average molecular weight is 435 g/mol. The highest BCUT2D eigenvalue weighted by molar-refractivity contribution is 5.81. The van der Waals surface area contributed by atoms with E-state index in [0.717, 1.165) is 24.8 Å². The Bertz CT molecular complexity index is 723. The van der Waals surface area contributed by atoms with E-state index in [1.165, 1.54) is 7.11 Å². The first-order valence-electron chi connectivity index (χ1n) is 10.7. The highest BCUT2D eigenvalue weighted by Gasteiger charge is 2.28. The summed E-state index contributed by atoms with van der Waals surface area (Å²) in [4.78, 5) is 38.1. The van der Waals surface area contributed by atoms with Gasteiger partial charge in [-0.2, -0.15) is 0 Å². The summed E-state index contributed by atoms with van der Waals surface area (Å²) in [6.45, 7) is 6.77. The third-order valence-electron chi connectivity index (χ3n) is 5.12. The summed E-state index contributed by atoms with van der Waals surface area (Å²) in [5.74, 6) is -0.140. The molecule has 0 aromatic heterocycles. The van der Waals surface area contributed by atoms with Crippen molar-refractivity contribution < 1.29 is 28.6 Å². The van der Waals surface area contributed by atoms with Crippen molar-refractivity contribution in [2.75, 3.05) is 20.2 Å². The van der Waals surface area contributed by atoms with Gasteiger partial charge in [0.05, 0.1) is 7.11 Å². The number of alkyl carbamates (subject to hydrolysis) is 1. The summed E-state index contributed by atoms with van der Waals surface area (Å²) in [7, 11) is 1.30. The minimum atomic E-state index is -0.756. The summed E-state index contributed by atoms with van der Waals surface area (Å²) < 4.78 is 15.4. The fourth-order valence-corrected chi connectivity index (χ4v) is 3.46. The first-order valence-corrected chi connectivity index (χ1v) is 10.7. The summed E-state index contributed by atoms with van der Waals surface area (Å²) >= 11 is 0. The van der Waals surface area contributed by atoms with E-state index >= 15 is 0 Å². The number of esters is 1. The standard InChI is InChI=1S/C23H34N2O6/c1-23(2,3)31-21(27)24-19(20(26)29-4)11-10-17-12-14-25(15-13-17)22(28)30-16-18-8-6-5-7-9-18/h5-9,17,19H,10-16H2,1-4H3,(H,24,27)/t19-/m0/s1. The molecule has 1 atom stereocenters. The number of carbonyl (C=O) groups excluding carboxylic acids is 3. The van der Waals surface area contributed by atoms with Crippen LogP contribution in [0.2, 0.25) is 0 Å². The molecule has 1 N–H and O–H groups in total. The van der Waals surface area contributed by atoms with Crippen LogP contribution in [0, 0.1) is 5.92 Å². The molecule has 1 aliphatic rings. The maximum atomic E-state index is 12.3. The SMILES string of the molecule is COC(=O)[C@H](CCC1CCN(C(=O)OCc2ccccc2)CC1)NC(=O)OC(C)(C)C. The Morgan fingerprint density at radius 3 is 2.35 bits per heavy atom. The molecule has 2 amide bonds. The molecule has 1 fully saturated rings. The van der Waals surface area contributed by atoms with Crippen molar-refractivity contribution in [1.29, 1.82) is 0 Å². The Kier molecular flexibility index (Phi) is 9.15. The molecule has 1 heterocycles. The Balaban J connectivity index is 1.75. The second-order valence-electron chi connectivity index (χ2n) is 8.77. The molecule has 0 spiro atoms. The highest BCUT2D eigenvalue weighted by Crippen LogP contribution is 2.23. The van der Waals surface area contributed by atoms with Crippen LogP contribution in [-0.2, 0) is 25.6 Å². The van der Waals surface area contributed by atoms with Crippen LogP contribution in [0.5, 0.6) is 0 Å². The van der Waals surface area contributed by atoms with Crippen molar-refractivity contribution in [3.63, 3.8) is 0 Å². The van der Waals surface area contributed by atoms with Crippen LogP contribution in [0.3, 0.4) is 0 Å². The predicted molar refractivity (Wildman–Crippen MR) is 115 cm³/mol. The maximum Gasteiger partial charge on any atom is 0.410 e. The third-order valence-corrected chi connectivity index (χ3v) is 5.12. The molecular formula is C23H34N2O6. The molecule has 1 saturated heterocycles. The molecule has 0 aliphatic carbocycles. The van der Waals surface area contributed by atoms with E-state index in [1.54, 1.807) is 25.7 Å². The molecule has 31 heavy (non-hydrogen) atoms. The van der Waals surface area contributed by atoms with E-state index in [4.69, 9.17) is 14.2 Å². The van der Waals surface area contributed by atoms with Gasteiger partial charge in [-0.1, -0.05) is 30.3 Å². The average Bonchev–Trinajstić information content (AvgIpc) is 2.74. The molecule has 8 nitrogen and oxygen atoms in total. The Hall–Kier alpha value is -2.77. The van der Waals surface area contributed by atoms with Gasteiger partial charge in [0.25, 0.3) is 0 Å². The molecule has 1 aliphatic heterocycles. The summed E-state index contributed by atoms with van der Waals surface area (Å²) in [6.07, 6.45) is 1.89. The van der Waals surface area contributed by atoms with Gasteiger partial charge < -0.3 is 24.4 Å². The van der Waals surface area contributed by atoms with Gasteiger partial charge in [0.15, 0.2) is 0 Å². The minimum Gasteiger partial charge on any atom is -0.467 e. The monoisotopic (exact) mass is 434 g/mol. The number of hydrogen-bond acceptors (Lipinski definition) is 6. The normalized spacial score (nSPS) is 15.7. The molecule has 2 rings (SSSR count). The zero-order valence-corrected chi connectivity index (χ0v) is 18.9. The number of nitrogens with zero attached hydrogens (tertiary/aromatic N) is 1. The first kappa shape index (κ1) is 24.5. The van der Waals surface area contributed by atoms with Gasteiger partial charge in [-0.05, 0) is 57.9 Å². The summed E-state index contributed by atoms with van der Waals surface area (Å²) in [5.41, 5.74) is 0.309. The van der Waals surface area contributed by atoms with Crippen LogP contribution in [0.15, 0.2) is 30.3 Å². The fraction of sp³-hybridized carbons (Fsp3) is 0.609. The molecule has 0 unspecified atom stereocenters. The lowest BCUT2D eigenvalue weighted by Gasteiger charge is -2.32. The number of amides is 2. The quantitative estimate of drug-likeness (QED) is 0.517. The zero-order chi connectivity index (χ0) is 22.9. The molecule has 0 bridgehead atoms. The van der Waals surface area contributed by atoms with Crippen LogP contribution in [0.1, 0.15) is 52.0 Å². The molecule has 172 valence electrons. The maximum absolute atomic E-state index is 12.3. The van der Waals surface area contributed by atoms with Gasteiger partial charge in [0, 0.05) is 13.1 Å². The number of nitrogens with one attached hydrogen (secondary N) is 1. The van der Waals surface area contributed by atoms with Gasteiger partial charge in [0.1, 0.15) is 18.2 Å². The van der Waals surface area contributed by atoms with Crippen LogP contribution in [-0.4, -0.2) is 54.9 Å². The number of likely N-dealkylation sites (tertiary alicyclic amines) is 1. The lowest BCUT2D eigenvalue weighted by molar-refractivity contribution is -0.143. The van der Waals surface area contributed by atoms with Gasteiger partial charge in [-0.3, -0.25) is 0 Å². The van der Waals surface area contributed by atoms with Crippen molar-refractivity contribution in [3.05, 3.63) is 35.9 Å². The molecule has 0 saturated carbocycles. The lowest BCUT2D eigenvalue weighted by atomic mass is 9.90. The number of piperidine rings is 1. The number of methoxy groups -OCH3 is 1. The molecule has 0 radical (unpaired) electrons. The van der Waals surface area contributed by atoms with Crippen molar-refractivity contribution >= 4 is 18.2 Å². The number of benzene rings is 1. The van der Waals surface area contributed by atoms with Gasteiger partial charge >= 0.3 is 18.2 Å². The highest BCUT2D eigenvalue weighted by atomic mass is 16.6. The molecule has 1 aromatic rings. The van der Waals surface area contributed by atoms with Crippen LogP contribution in [0.4, 0.5) is 9.59 Å². The number of rotatable bonds is 7. The van der Waals surface area contributed by atoms with Gasteiger partial charge in [0.2, 0.25) is 0 Å². The zero-order valence-electron chi connectivity index (χ0n) is 18.9. The second-order valence-corrected chi connectivity index (χ2v) is 8.77. The van der Waals surface area contributed by atoms with Crippen molar-refractivity contribution in [2.24, 2.45) is 5.92 Å². The number of hydrogen-bond donors (Lipinski definition) is 1. The summed E-state index contributed by atoms with van der Waals surface area (Å²) in [5, 5.41) is 2.60. The van der Waals surface area contributed by atoms with Crippen LogP contribution in [0.25, 0.3) is 0 Å². The Morgan fingerprint density at radius 2 is 1.77 bits per heavy atom. The van der Waals surface area contributed by atoms with Gasteiger partial charge in [-0.25, -0.2) is 14.4 Å². The van der Waals surface area contributed by atoms with E-state index in [-0.39, 0.29) is 12.7 Å². The molecule has 1 aromatic carbocycles. The first-order chi connectivity index (χ1) is 14.7. The largest absolute Gasteiger partial charge is 0.467 e. The summed E-state index contributed by atoms with van der Waals surface area (Å²) in [6, 6.07) is 8.82. The topological polar surface area (TPSA) is 94.2 Å². The molecule has 8 heteroatoms. The van der Waals surface area contributed by atoms with Crippen LogP contribution >= 0.6 is 0 Å². The van der Waals surface area contributed by atoms with Crippen molar-refractivity contribution in [2.45, 2.75) is 64.7 Å². The van der Waals surface area contributed by atoms with E-state index < -0.39 is 23.7 Å². The second kappa shape index (κ2) is 11.6. The number of ether oxygens (including phenoxy) is 3. The number of carbonyl (C=O) groups is 3. The van der Waals surface area contributed by atoms with Crippen molar-refractivity contribution in [1.82, 2.24) is 10.2 Å². The van der Waals surface area contributed by atoms with E-state index in [1.807, 2.05) is 30.3 Å². The van der Waals surface area contributed by atoms with Gasteiger partial charge in [-0.15, -0.1) is 0 Å². The van der Waals surface area contributed by atoms with Crippen LogP contribution < -0.4 is 5.32 Å².